The van der Waals surface area contributed by atoms with Gasteiger partial charge in [-0.2, -0.15) is 0 Å². The van der Waals surface area contributed by atoms with E-state index in [-0.39, 0.29) is 18.4 Å². The van der Waals surface area contributed by atoms with Crippen molar-refractivity contribution in [3.05, 3.63) is 34.9 Å². The molecule has 0 aliphatic heterocycles. The van der Waals surface area contributed by atoms with Gasteiger partial charge in [-0.05, 0) is 43.9 Å². The van der Waals surface area contributed by atoms with E-state index in [0.29, 0.717) is 11.4 Å². The Morgan fingerprint density at radius 2 is 1.67 bits per heavy atom. The molecule has 0 spiro atoms. The molecule has 8 heteroatoms. The number of ether oxygens (including phenoxy) is 1. The normalized spacial score (nSPS) is 13.1. The summed E-state index contributed by atoms with van der Waals surface area (Å²) in [7, 11) is 0. The summed E-state index contributed by atoms with van der Waals surface area (Å²) >= 11 is 5.86. The Morgan fingerprint density at radius 1 is 1.07 bits per heavy atom. The molecule has 0 heterocycles. The van der Waals surface area contributed by atoms with E-state index in [0.717, 1.165) is 5.56 Å². The number of halogens is 1. The first-order valence-corrected chi connectivity index (χ1v) is 9.20. The number of rotatable bonds is 9. The summed E-state index contributed by atoms with van der Waals surface area (Å²) in [5.74, 6) is -1.68. The second kappa shape index (κ2) is 10.8. The van der Waals surface area contributed by atoms with Gasteiger partial charge < -0.3 is 20.5 Å². The molecule has 0 saturated heterocycles. The molecule has 2 amide bonds. The molecule has 27 heavy (non-hydrogen) atoms. The molecule has 3 N–H and O–H groups in total. The van der Waals surface area contributed by atoms with Gasteiger partial charge in [-0.1, -0.05) is 37.6 Å². The minimum Gasteiger partial charge on any atom is -0.481 e. The quantitative estimate of drug-likeness (QED) is 0.593. The lowest BCUT2D eigenvalue weighted by molar-refractivity contribution is -0.137. The van der Waals surface area contributed by atoms with Crippen molar-refractivity contribution in [1.82, 2.24) is 10.6 Å². The van der Waals surface area contributed by atoms with Gasteiger partial charge in [0.2, 0.25) is 5.91 Å². The SMILES string of the molecule is CC(C)OC(=O)N[C@H](C(=O)N[C@H](CC(=O)O)Cc1ccc(Cl)cc1)C(C)C. The summed E-state index contributed by atoms with van der Waals surface area (Å²) in [5.41, 5.74) is 0.847. The van der Waals surface area contributed by atoms with Crippen molar-refractivity contribution in [3.63, 3.8) is 0 Å². The van der Waals surface area contributed by atoms with Gasteiger partial charge in [0.15, 0.2) is 0 Å². The minimum atomic E-state index is -1.03. The zero-order valence-electron chi connectivity index (χ0n) is 16.0. The van der Waals surface area contributed by atoms with E-state index in [1.54, 1.807) is 52.0 Å². The Kier molecular flexibility index (Phi) is 9.08. The third kappa shape index (κ3) is 8.77. The maximum Gasteiger partial charge on any atom is 0.408 e. The van der Waals surface area contributed by atoms with Crippen molar-refractivity contribution < 1.29 is 24.2 Å². The highest BCUT2D eigenvalue weighted by atomic mass is 35.5. The van der Waals surface area contributed by atoms with Crippen LogP contribution in [0, 0.1) is 5.92 Å². The summed E-state index contributed by atoms with van der Waals surface area (Å²) in [4.78, 5) is 35.7. The maximum atomic E-state index is 12.6. The van der Waals surface area contributed by atoms with Crippen LogP contribution >= 0.6 is 11.6 Å². The van der Waals surface area contributed by atoms with E-state index in [1.807, 2.05) is 0 Å². The lowest BCUT2D eigenvalue weighted by atomic mass is 10.00. The second-order valence-electron chi connectivity index (χ2n) is 6.95. The second-order valence-corrected chi connectivity index (χ2v) is 7.39. The van der Waals surface area contributed by atoms with Gasteiger partial charge in [0.05, 0.1) is 12.5 Å². The molecule has 0 fully saturated rings. The molecule has 0 saturated carbocycles. The number of carboxylic acid groups (broad SMARTS) is 1. The third-order valence-electron chi connectivity index (χ3n) is 3.73. The number of benzene rings is 1. The topological polar surface area (TPSA) is 105 Å². The van der Waals surface area contributed by atoms with E-state index in [4.69, 9.17) is 21.4 Å². The average molecular weight is 399 g/mol. The Bertz CT molecular complexity index is 646. The Labute approximate surface area is 164 Å². The predicted octanol–water partition coefficient (Wildman–Crippen LogP) is 3.00. The van der Waals surface area contributed by atoms with Crippen molar-refractivity contribution >= 4 is 29.6 Å². The summed E-state index contributed by atoms with van der Waals surface area (Å²) in [6, 6.07) is 5.51. The number of alkyl carbamates (subject to hydrolysis) is 1. The number of carbonyl (C=O) groups is 3. The highest BCUT2D eigenvalue weighted by Gasteiger charge is 2.27. The van der Waals surface area contributed by atoms with Crippen LogP contribution in [0.4, 0.5) is 4.79 Å². The number of amides is 2. The van der Waals surface area contributed by atoms with Gasteiger partial charge in [-0.3, -0.25) is 9.59 Å². The fraction of sp³-hybridized carbons (Fsp3) is 0.526. The van der Waals surface area contributed by atoms with Gasteiger partial charge in [0.1, 0.15) is 6.04 Å². The molecule has 0 aromatic heterocycles. The first-order valence-electron chi connectivity index (χ1n) is 8.82. The lowest BCUT2D eigenvalue weighted by Gasteiger charge is -2.25. The van der Waals surface area contributed by atoms with Gasteiger partial charge in [0.25, 0.3) is 0 Å². The predicted molar refractivity (Wildman–Crippen MR) is 103 cm³/mol. The van der Waals surface area contributed by atoms with Crippen LogP contribution in [0.1, 0.15) is 39.7 Å². The molecule has 0 aliphatic rings. The number of hydrogen-bond acceptors (Lipinski definition) is 4. The monoisotopic (exact) mass is 398 g/mol. The molecule has 1 rings (SSSR count). The van der Waals surface area contributed by atoms with Crippen LogP contribution in [-0.4, -0.2) is 41.3 Å². The summed E-state index contributed by atoms with van der Waals surface area (Å²) in [6.07, 6.45) is -0.914. The van der Waals surface area contributed by atoms with Gasteiger partial charge in [-0.15, -0.1) is 0 Å². The van der Waals surface area contributed by atoms with Crippen LogP contribution in [0.25, 0.3) is 0 Å². The molecule has 0 aliphatic carbocycles. The molecule has 1 aromatic rings. The first-order chi connectivity index (χ1) is 12.6. The molecule has 0 unspecified atom stereocenters. The molecule has 7 nitrogen and oxygen atoms in total. The molecule has 150 valence electrons. The number of hydrogen-bond donors (Lipinski definition) is 3. The Morgan fingerprint density at radius 3 is 2.15 bits per heavy atom. The minimum absolute atomic E-state index is 0.203. The smallest absolute Gasteiger partial charge is 0.408 e. The van der Waals surface area contributed by atoms with Gasteiger partial charge in [0, 0.05) is 11.1 Å². The number of aliphatic carboxylic acids is 1. The molecule has 2 atom stereocenters. The van der Waals surface area contributed by atoms with Crippen molar-refractivity contribution in [3.8, 4) is 0 Å². The highest BCUT2D eigenvalue weighted by Crippen LogP contribution is 2.13. The van der Waals surface area contributed by atoms with Crippen LogP contribution in [0.2, 0.25) is 5.02 Å². The highest BCUT2D eigenvalue weighted by molar-refractivity contribution is 6.30. The van der Waals surface area contributed by atoms with Crippen molar-refractivity contribution in [2.24, 2.45) is 5.92 Å². The van der Waals surface area contributed by atoms with Crippen LogP contribution < -0.4 is 10.6 Å². The number of carboxylic acids is 1. The van der Waals surface area contributed by atoms with Crippen molar-refractivity contribution in [2.75, 3.05) is 0 Å². The average Bonchev–Trinajstić information content (AvgIpc) is 2.53. The first kappa shape index (κ1) is 22.8. The zero-order valence-corrected chi connectivity index (χ0v) is 16.7. The van der Waals surface area contributed by atoms with E-state index in [2.05, 4.69) is 10.6 Å². The number of nitrogens with one attached hydrogen (secondary N) is 2. The lowest BCUT2D eigenvalue weighted by Crippen LogP contribution is -2.53. The van der Waals surface area contributed by atoms with E-state index in [1.165, 1.54) is 0 Å². The fourth-order valence-corrected chi connectivity index (χ4v) is 2.62. The summed E-state index contributed by atoms with van der Waals surface area (Å²) < 4.78 is 5.02. The molecular formula is C19H27ClN2O5. The van der Waals surface area contributed by atoms with Crippen LogP contribution in [0.3, 0.4) is 0 Å². The largest absolute Gasteiger partial charge is 0.481 e. The zero-order chi connectivity index (χ0) is 20.6. The van der Waals surface area contributed by atoms with Crippen molar-refractivity contribution in [2.45, 2.75) is 58.7 Å². The van der Waals surface area contributed by atoms with Crippen LogP contribution in [0.15, 0.2) is 24.3 Å². The van der Waals surface area contributed by atoms with Crippen LogP contribution in [0.5, 0.6) is 0 Å². The Balaban J connectivity index is 2.83. The van der Waals surface area contributed by atoms with E-state index in [9.17, 15) is 14.4 Å². The molecule has 1 aromatic carbocycles. The molecule has 0 radical (unpaired) electrons. The van der Waals surface area contributed by atoms with E-state index < -0.39 is 30.1 Å². The Hall–Kier alpha value is -2.28. The fourth-order valence-electron chi connectivity index (χ4n) is 2.49. The molecular weight excluding hydrogens is 372 g/mol. The molecule has 0 bridgehead atoms. The standard InChI is InChI=1S/C19H27ClN2O5/c1-11(2)17(22-19(26)27-12(3)4)18(25)21-15(10-16(23)24)9-13-5-7-14(20)8-6-13/h5-8,11-12,15,17H,9-10H2,1-4H3,(H,21,25)(H,22,26)(H,23,24)/t15-,17-/m0/s1. The van der Waals surface area contributed by atoms with Gasteiger partial charge >= 0.3 is 12.1 Å². The summed E-state index contributed by atoms with van der Waals surface area (Å²) in [6.45, 7) is 6.98. The number of carbonyl (C=O) groups excluding carboxylic acids is 2. The van der Waals surface area contributed by atoms with Gasteiger partial charge in [-0.25, -0.2) is 4.79 Å². The maximum absolute atomic E-state index is 12.6. The third-order valence-corrected chi connectivity index (χ3v) is 3.98. The summed E-state index contributed by atoms with van der Waals surface area (Å²) in [5, 5.41) is 15.0. The van der Waals surface area contributed by atoms with Crippen molar-refractivity contribution in [1.29, 1.82) is 0 Å². The van der Waals surface area contributed by atoms with E-state index >= 15 is 0 Å². The van der Waals surface area contributed by atoms with Crippen LogP contribution in [-0.2, 0) is 20.7 Å².